The van der Waals surface area contributed by atoms with Crippen LogP contribution in [-0.2, 0) is 21.5 Å². The highest BCUT2D eigenvalue weighted by Gasteiger charge is 2.59. The van der Waals surface area contributed by atoms with Crippen LogP contribution in [0.2, 0.25) is 0 Å². The van der Waals surface area contributed by atoms with Crippen molar-refractivity contribution in [3.8, 4) is 0 Å². The summed E-state index contributed by atoms with van der Waals surface area (Å²) in [6.45, 7) is 0. The number of aliphatic hydroxyl groups is 1. The molecule has 4 aromatic carbocycles. The lowest BCUT2D eigenvalue weighted by Crippen LogP contribution is -2.77. The second-order valence-corrected chi connectivity index (χ2v) is 17.7. The van der Waals surface area contributed by atoms with Gasteiger partial charge >= 0.3 is 25.9 Å². The first-order valence-electron chi connectivity index (χ1n) is 12.0. The molecule has 4 rings (SSSR count). The number of hydrogen-bond acceptors (Lipinski definition) is 6. The maximum absolute atomic E-state index is 10.8. The molecule has 0 heterocycles. The van der Waals surface area contributed by atoms with E-state index in [0.717, 1.165) is 20.7 Å². The minimum atomic E-state index is -3.68. The third-order valence-corrected chi connectivity index (χ3v) is 17.6. The van der Waals surface area contributed by atoms with Crippen LogP contribution in [0.1, 0.15) is 0 Å². The second-order valence-electron chi connectivity index (χ2n) is 8.36. The van der Waals surface area contributed by atoms with Crippen LogP contribution in [0.25, 0.3) is 0 Å². The number of aliphatic hydroxyl groups excluding tert-OH is 1. The van der Waals surface area contributed by atoms with Gasteiger partial charge in [0, 0.05) is 26.5 Å². The Kier molecular flexibility index (Phi) is 9.03. The number of benzene rings is 4. The van der Waals surface area contributed by atoms with Crippen molar-refractivity contribution in [2.75, 3.05) is 27.6 Å². The zero-order chi connectivity index (χ0) is 26.2. The van der Waals surface area contributed by atoms with Crippen molar-refractivity contribution in [2.24, 2.45) is 0 Å². The van der Waals surface area contributed by atoms with E-state index in [1.165, 1.54) is 0 Å². The van der Waals surface area contributed by atoms with E-state index in [1.807, 2.05) is 121 Å². The third-order valence-electron chi connectivity index (χ3n) is 6.31. The van der Waals surface area contributed by atoms with E-state index in [-0.39, 0.29) is 6.23 Å². The molecule has 0 amide bonds. The Morgan fingerprint density at radius 2 is 0.865 bits per heavy atom. The van der Waals surface area contributed by atoms with Crippen LogP contribution in [-0.4, -0.2) is 58.6 Å². The molecule has 192 valence electrons. The van der Waals surface area contributed by atoms with Crippen LogP contribution in [0.15, 0.2) is 121 Å². The molecule has 37 heavy (non-hydrogen) atoms. The molecule has 0 saturated heterocycles. The van der Waals surface area contributed by atoms with Crippen molar-refractivity contribution < 1.29 is 26.6 Å². The smallest absolute Gasteiger partial charge is 0.403 e. The predicted octanol–water partition coefficient (Wildman–Crippen LogP) is 1.94. The first-order chi connectivity index (χ1) is 18.1. The Bertz CT molecular complexity index is 1120. The van der Waals surface area contributed by atoms with Crippen LogP contribution in [0.5, 0.6) is 0 Å². The van der Waals surface area contributed by atoms with Gasteiger partial charge in [-0.25, -0.2) is 0 Å². The molecule has 0 radical (unpaired) electrons. The molecule has 4 aromatic rings. The Morgan fingerprint density at radius 3 is 1.22 bits per heavy atom. The van der Waals surface area contributed by atoms with Crippen molar-refractivity contribution in [1.29, 1.82) is 0 Å². The lowest BCUT2D eigenvalue weighted by Gasteiger charge is -2.43. The molecule has 1 unspecified atom stereocenters. The van der Waals surface area contributed by atoms with Crippen LogP contribution in [0.4, 0.5) is 0 Å². The van der Waals surface area contributed by atoms with Crippen molar-refractivity contribution in [3.05, 3.63) is 121 Å². The highest BCUT2D eigenvalue weighted by atomic mass is 28.5. The summed E-state index contributed by atoms with van der Waals surface area (Å²) in [6, 6.07) is 39.0. The molecule has 0 spiro atoms. The van der Waals surface area contributed by atoms with Gasteiger partial charge in [-0.1, -0.05) is 121 Å². The fourth-order valence-corrected chi connectivity index (χ4v) is 16.4. The fraction of sp³-hybridized carbons (Fsp3) is 0.143. The summed E-state index contributed by atoms with van der Waals surface area (Å²) in [6.07, 6.45) is -0.300. The van der Waals surface area contributed by atoms with E-state index in [0.29, 0.717) is 0 Å². The average Bonchev–Trinajstić information content (AvgIpc) is 3.00. The molecular formula is C28H32O6Si3. The van der Waals surface area contributed by atoms with Crippen LogP contribution < -0.4 is 20.7 Å². The SMILES string of the molecule is CO[Si](CO)(O[Si](O[Si](OC)(OC)c1ccccc1)(c1ccccc1)c1ccccc1)c1ccccc1. The quantitative estimate of drug-likeness (QED) is 0.273. The monoisotopic (exact) mass is 548 g/mol. The maximum atomic E-state index is 10.8. The average molecular weight is 549 g/mol. The first kappa shape index (κ1) is 27.3. The van der Waals surface area contributed by atoms with Crippen molar-refractivity contribution in [1.82, 2.24) is 0 Å². The summed E-state index contributed by atoms with van der Waals surface area (Å²) < 4.78 is 32.8. The Hall–Kier alpha value is -2.71. The fourth-order valence-electron chi connectivity index (χ4n) is 4.36. The predicted molar refractivity (Wildman–Crippen MR) is 152 cm³/mol. The molecule has 0 fully saturated rings. The standard InChI is InChI=1S/C28H32O6Si3/c1-30-35(24-29,25-16-8-4-9-17-25)33-36(26-18-10-5-11-19-26,27-20-12-6-13-21-27)34-37(31-2,32-3)28-22-14-7-15-23-28/h4-23,29H,24H2,1-3H3. The van der Waals surface area contributed by atoms with E-state index in [1.54, 1.807) is 21.3 Å². The van der Waals surface area contributed by atoms with Crippen LogP contribution in [0.3, 0.4) is 0 Å². The van der Waals surface area contributed by atoms with E-state index >= 15 is 0 Å². The van der Waals surface area contributed by atoms with Gasteiger partial charge in [-0.15, -0.1) is 0 Å². The zero-order valence-electron chi connectivity index (χ0n) is 21.2. The molecule has 0 bridgehead atoms. The minimum Gasteiger partial charge on any atom is -0.403 e. The van der Waals surface area contributed by atoms with E-state index < -0.39 is 25.9 Å². The molecular weight excluding hydrogens is 517 g/mol. The first-order valence-corrected chi connectivity index (χ1v) is 17.5. The van der Waals surface area contributed by atoms with Crippen LogP contribution >= 0.6 is 0 Å². The van der Waals surface area contributed by atoms with Gasteiger partial charge < -0.3 is 26.6 Å². The molecule has 1 N–H and O–H groups in total. The van der Waals surface area contributed by atoms with Crippen molar-refractivity contribution in [2.45, 2.75) is 0 Å². The van der Waals surface area contributed by atoms with E-state index in [2.05, 4.69) is 0 Å². The van der Waals surface area contributed by atoms with Crippen LogP contribution in [0, 0.1) is 0 Å². The molecule has 1 atom stereocenters. The molecule has 0 aliphatic heterocycles. The summed E-state index contributed by atoms with van der Waals surface area (Å²) in [5, 5.41) is 14.1. The van der Waals surface area contributed by atoms with Gasteiger partial charge in [0.05, 0.1) is 6.23 Å². The molecule has 0 aromatic heterocycles. The maximum Gasteiger partial charge on any atom is 0.528 e. The molecule has 0 aliphatic rings. The zero-order valence-corrected chi connectivity index (χ0v) is 24.2. The van der Waals surface area contributed by atoms with E-state index in [4.69, 9.17) is 21.5 Å². The van der Waals surface area contributed by atoms with Gasteiger partial charge in [-0.2, -0.15) is 0 Å². The Morgan fingerprint density at radius 1 is 0.486 bits per heavy atom. The molecule has 0 saturated carbocycles. The normalized spacial score (nSPS) is 13.7. The van der Waals surface area contributed by atoms with Gasteiger partial charge in [0.2, 0.25) is 0 Å². The summed E-state index contributed by atoms with van der Waals surface area (Å²) >= 11 is 0. The molecule has 9 heteroatoms. The Labute approximate surface area is 221 Å². The van der Waals surface area contributed by atoms with Gasteiger partial charge in [0.15, 0.2) is 0 Å². The lowest BCUT2D eigenvalue weighted by atomic mass is 10.4. The highest BCUT2D eigenvalue weighted by molar-refractivity contribution is 7.04. The largest absolute Gasteiger partial charge is 0.528 e. The van der Waals surface area contributed by atoms with E-state index in [9.17, 15) is 5.11 Å². The number of hydrogen-bond donors (Lipinski definition) is 1. The Balaban J connectivity index is 2.01. The lowest BCUT2D eigenvalue weighted by molar-refractivity contribution is 0.157. The molecule has 0 aliphatic carbocycles. The summed E-state index contributed by atoms with van der Waals surface area (Å²) in [5.41, 5.74) is 0. The summed E-state index contributed by atoms with van der Waals surface area (Å²) in [5.74, 6) is 0. The van der Waals surface area contributed by atoms with Gasteiger partial charge in [0.25, 0.3) is 0 Å². The van der Waals surface area contributed by atoms with Gasteiger partial charge in [-0.3, -0.25) is 0 Å². The van der Waals surface area contributed by atoms with Crippen molar-refractivity contribution >= 4 is 46.7 Å². The molecule has 6 nitrogen and oxygen atoms in total. The number of rotatable bonds is 12. The summed E-state index contributed by atoms with van der Waals surface area (Å²) in [7, 11) is -5.87. The topological polar surface area (TPSA) is 66.4 Å². The third kappa shape index (κ3) is 5.46. The highest BCUT2D eigenvalue weighted by Crippen LogP contribution is 2.23. The van der Waals surface area contributed by atoms with Gasteiger partial charge in [-0.05, 0) is 15.6 Å². The van der Waals surface area contributed by atoms with Crippen molar-refractivity contribution in [3.63, 3.8) is 0 Å². The summed E-state index contributed by atoms with van der Waals surface area (Å²) in [4.78, 5) is 0. The minimum absolute atomic E-state index is 0.300. The second kappa shape index (κ2) is 12.2. The van der Waals surface area contributed by atoms with Gasteiger partial charge in [0.1, 0.15) is 0 Å².